The van der Waals surface area contributed by atoms with Gasteiger partial charge in [-0.05, 0) is 13.8 Å². The van der Waals surface area contributed by atoms with Crippen LogP contribution in [0.1, 0.15) is 27.2 Å². The number of carbonyl (C=O) groups is 5. The largest absolute Gasteiger partial charge is 0.465 e. The predicted octanol–water partition coefficient (Wildman–Crippen LogP) is -0.199. The van der Waals surface area contributed by atoms with E-state index >= 15 is 0 Å². The van der Waals surface area contributed by atoms with Crippen molar-refractivity contribution >= 4 is 29.5 Å². The first kappa shape index (κ1) is 20.0. The maximum atomic E-state index is 11.4. The molecular weight excluding hydrogens is 292 g/mol. The molecule has 0 aromatic rings. The quantitative estimate of drug-likeness (QED) is 0.290. The average Bonchev–Trinajstić information content (AvgIpc) is 2.24. The minimum absolute atomic E-state index is 0. The molecular formula is C11H14O7Ti. The van der Waals surface area contributed by atoms with Crippen LogP contribution in [0.4, 0.5) is 0 Å². The summed E-state index contributed by atoms with van der Waals surface area (Å²) in [6, 6.07) is 0. The Morgan fingerprint density at radius 1 is 1.05 bits per heavy atom. The Bertz CT molecular complexity index is 389. The molecule has 0 rings (SSSR count). The van der Waals surface area contributed by atoms with Gasteiger partial charge in [0, 0.05) is 35.1 Å². The summed E-state index contributed by atoms with van der Waals surface area (Å²) in [6.07, 6.45) is -0.666. The molecule has 19 heavy (non-hydrogen) atoms. The first-order valence-corrected chi connectivity index (χ1v) is 5.22. The van der Waals surface area contributed by atoms with E-state index in [2.05, 4.69) is 9.47 Å². The van der Waals surface area contributed by atoms with E-state index in [1.165, 1.54) is 0 Å². The standard InChI is InChI=1S/C11H14O7.Ti/c1-4-17-10(15)8(6(2)12)5-9(14)11(16)18-7(3)13;/h8H,4-5H2,1-3H3;. The van der Waals surface area contributed by atoms with Crippen molar-refractivity contribution in [1.82, 2.24) is 0 Å². The van der Waals surface area contributed by atoms with Crippen LogP contribution in [0.3, 0.4) is 0 Å². The molecule has 0 spiro atoms. The fourth-order valence-corrected chi connectivity index (χ4v) is 1.09. The van der Waals surface area contributed by atoms with Crippen molar-refractivity contribution in [1.29, 1.82) is 0 Å². The molecule has 104 valence electrons. The zero-order chi connectivity index (χ0) is 14.3. The topological polar surface area (TPSA) is 104 Å². The van der Waals surface area contributed by atoms with Crippen LogP contribution in [0.25, 0.3) is 0 Å². The second-order valence-electron chi connectivity index (χ2n) is 3.42. The zero-order valence-electron chi connectivity index (χ0n) is 10.8. The van der Waals surface area contributed by atoms with Crippen molar-refractivity contribution in [3.8, 4) is 0 Å². The Balaban J connectivity index is 0. The molecule has 0 radical (unpaired) electrons. The van der Waals surface area contributed by atoms with Gasteiger partial charge in [0.25, 0.3) is 0 Å². The van der Waals surface area contributed by atoms with E-state index in [0.717, 1.165) is 13.8 Å². The SMILES string of the molecule is CCOC(=O)C(CC(=O)C(=O)OC(C)=O)C(C)=O.[Ti]. The maximum absolute atomic E-state index is 11.4. The number of ketones is 2. The fourth-order valence-electron chi connectivity index (χ4n) is 1.09. The van der Waals surface area contributed by atoms with Gasteiger partial charge >= 0.3 is 17.9 Å². The normalized spacial score (nSPS) is 10.7. The molecule has 0 aliphatic rings. The number of Topliss-reactive ketones (excluding diaryl/α,β-unsaturated/α-hetero) is 2. The monoisotopic (exact) mass is 306 g/mol. The van der Waals surface area contributed by atoms with Crippen molar-refractivity contribution in [2.75, 3.05) is 6.61 Å². The van der Waals surface area contributed by atoms with Crippen LogP contribution in [0, 0.1) is 5.92 Å². The number of ether oxygens (including phenoxy) is 2. The summed E-state index contributed by atoms with van der Waals surface area (Å²) in [5.74, 6) is -6.29. The van der Waals surface area contributed by atoms with Crippen LogP contribution < -0.4 is 0 Å². The summed E-state index contributed by atoms with van der Waals surface area (Å²) >= 11 is 0. The molecule has 7 nitrogen and oxygen atoms in total. The molecule has 0 fully saturated rings. The van der Waals surface area contributed by atoms with Crippen LogP contribution >= 0.6 is 0 Å². The Morgan fingerprint density at radius 2 is 1.58 bits per heavy atom. The summed E-state index contributed by atoms with van der Waals surface area (Å²) < 4.78 is 8.64. The van der Waals surface area contributed by atoms with Crippen molar-refractivity contribution in [3.05, 3.63) is 0 Å². The Kier molecular flexibility index (Phi) is 10.1. The Hall–Kier alpha value is -1.34. The molecule has 0 saturated carbocycles. The van der Waals surface area contributed by atoms with E-state index in [1.807, 2.05) is 0 Å². The molecule has 0 amide bonds. The van der Waals surface area contributed by atoms with E-state index in [1.54, 1.807) is 6.92 Å². The van der Waals surface area contributed by atoms with E-state index in [0.29, 0.717) is 0 Å². The first-order chi connectivity index (χ1) is 8.29. The van der Waals surface area contributed by atoms with Gasteiger partial charge in [-0.15, -0.1) is 0 Å². The smallest absolute Gasteiger partial charge is 0.382 e. The molecule has 0 saturated heterocycles. The molecule has 1 unspecified atom stereocenters. The summed E-state index contributed by atoms with van der Waals surface area (Å²) in [5, 5.41) is 0. The minimum Gasteiger partial charge on any atom is -0.465 e. The third-order valence-corrected chi connectivity index (χ3v) is 1.92. The Labute approximate surface area is 124 Å². The zero-order valence-corrected chi connectivity index (χ0v) is 12.4. The van der Waals surface area contributed by atoms with Gasteiger partial charge in [-0.2, -0.15) is 0 Å². The van der Waals surface area contributed by atoms with E-state index < -0.39 is 41.8 Å². The Morgan fingerprint density at radius 3 is 1.95 bits per heavy atom. The van der Waals surface area contributed by atoms with E-state index in [4.69, 9.17) is 0 Å². The van der Waals surface area contributed by atoms with Gasteiger partial charge in [0.2, 0.25) is 5.78 Å². The molecule has 0 aromatic carbocycles. The predicted molar refractivity (Wildman–Crippen MR) is 57.2 cm³/mol. The number of carbonyl (C=O) groups excluding carboxylic acids is 5. The van der Waals surface area contributed by atoms with Crippen molar-refractivity contribution in [2.45, 2.75) is 27.2 Å². The molecule has 8 heteroatoms. The average molecular weight is 306 g/mol. The van der Waals surface area contributed by atoms with Gasteiger partial charge in [0.15, 0.2) is 0 Å². The molecule has 1 atom stereocenters. The van der Waals surface area contributed by atoms with Gasteiger partial charge in [0.05, 0.1) is 6.61 Å². The first-order valence-electron chi connectivity index (χ1n) is 5.22. The molecule has 0 bridgehead atoms. The summed E-state index contributed by atoms with van der Waals surface area (Å²) in [6.45, 7) is 3.65. The number of esters is 3. The van der Waals surface area contributed by atoms with Gasteiger partial charge < -0.3 is 9.47 Å². The van der Waals surface area contributed by atoms with Gasteiger partial charge in [-0.1, -0.05) is 0 Å². The molecule has 0 heterocycles. The van der Waals surface area contributed by atoms with Crippen LogP contribution in [0.5, 0.6) is 0 Å². The summed E-state index contributed by atoms with van der Waals surface area (Å²) in [5.41, 5.74) is 0. The molecule has 0 aliphatic heterocycles. The number of hydrogen-bond donors (Lipinski definition) is 0. The van der Waals surface area contributed by atoms with Gasteiger partial charge in [-0.3, -0.25) is 19.2 Å². The minimum atomic E-state index is -1.39. The summed E-state index contributed by atoms with van der Waals surface area (Å²) in [7, 11) is 0. The number of rotatable bonds is 6. The number of hydrogen-bond acceptors (Lipinski definition) is 7. The van der Waals surface area contributed by atoms with Crippen LogP contribution in [0.2, 0.25) is 0 Å². The molecule has 0 N–H and O–H groups in total. The van der Waals surface area contributed by atoms with Crippen molar-refractivity contribution < 1.29 is 55.2 Å². The summed E-state index contributed by atoms with van der Waals surface area (Å²) in [4.78, 5) is 55.3. The molecule has 0 aromatic heterocycles. The fraction of sp³-hybridized carbons (Fsp3) is 0.545. The third kappa shape index (κ3) is 7.64. The van der Waals surface area contributed by atoms with Crippen LogP contribution in [0.15, 0.2) is 0 Å². The van der Waals surface area contributed by atoms with E-state index in [9.17, 15) is 24.0 Å². The second-order valence-corrected chi connectivity index (χ2v) is 3.42. The van der Waals surface area contributed by atoms with Gasteiger partial charge in [-0.25, -0.2) is 4.79 Å². The van der Waals surface area contributed by atoms with Crippen molar-refractivity contribution in [2.24, 2.45) is 5.92 Å². The van der Waals surface area contributed by atoms with Gasteiger partial charge in [0.1, 0.15) is 11.7 Å². The second kappa shape index (κ2) is 9.58. The molecule has 0 aliphatic carbocycles. The van der Waals surface area contributed by atoms with Crippen molar-refractivity contribution in [3.63, 3.8) is 0 Å². The maximum Gasteiger partial charge on any atom is 0.382 e. The van der Waals surface area contributed by atoms with Crippen LogP contribution in [-0.4, -0.2) is 36.1 Å². The third-order valence-electron chi connectivity index (χ3n) is 1.92. The van der Waals surface area contributed by atoms with Crippen LogP contribution in [-0.2, 0) is 55.2 Å². The van der Waals surface area contributed by atoms with E-state index in [-0.39, 0.29) is 28.3 Å².